The molecule has 3 amide bonds. The molecular weight excluding hydrogens is 222 g/mol. The summed E-state index contributed by atoms with van der Waals surface area (Å²) in [5, 5.41) is 0. The summed E-state index contributed by atoms with van der Waals surface area (Å²) in [4.78, 5) is 36.2. The third-order valence-electron chi connectivity index (χ3n) is 2.66. The van der Waals surface area contributed by atoms with Crippen molar-refractivity contribution in [2.45, 2.75) is 33.1 Å². The molecule has 1 aliphatic heterocycles. The molecule has 0 aliphatic carbocycles. The summed E-state index contributed by atoms with van der Waals surface area (Å²) >= 11 is 0. The third kappa shape index (κ3) is 3.44. The molecule has 0 aromatic rings. The fraction of sp³-hybridized carbons (Fsp3) is 0.727. The van der Waals surface area contributed by atoms with Crippen LogP contribution >= 0.6 is 0 Å². The number of nitrogens with one attached hydrogen (secondary N) is 2. The summed E-state index contributed by atoms with van der Waals surface area (Å²) < 4.78 is 0. The Kier molecular flexibility index (Phi) is 4.93. The van der Waals surface area contributed by atoms with Crippen LogP contribution in [0, 0.1) is 5.92 Å². The summed E-state index contributed by atoms with van der Waals surface area (Å²) in [6.45, 7) is 5.32. The maximum Gasteiger partial charge on any atom is 0.251 e. The van der Waals surface area contributed by atoms with Crippen LogP contribution in [0.25, 0.3) is 0 Å². The summed E-state index contributed by atoms with van der Waals surface area (Å²) in [5.41, 5.74) is 4.44. The van der Waals surface area contributed by atoms with Crippen LogP contribution in [-0.2, 0) is 14.4 Å². The van der Waals surface area contributed by atoms with Gasteiger partial charge in [-0.05, 0) is 12.8 Å². The second-order valence-electron chi connectivity index (χ2n) is 4.12. The summed E-state index contributed by atoms with van der Waals surface area (Å²) in [7, 11) is 0. The Hall–Kier alpha value is -1.59. The van der Waals surface area contributed by atoms with E-state index in [2.05, 4.69) is 10.9 Å². The minimum Gasteiger partial charge on any atom is -0.343 e. The maximum atomic E-state index is 11.9. The van der Waals surface area contributed by atoms with Crippen molar-refractivity contribution in [1.82, 2.24) is 15.8 Å². The number of hydrogen-bond donors (Lipinski definition) is 2. The Morgan fingerprint density at radius 2 is 1.59 bits per heavy atom. The highest BCUT2D eigenvalue weighted by Crippen LogP contribution is 2.11. The number of nitrogens with zero attached hydrogens (tertiary/aromatic N) is 1. The molecule has 0 radical (unpaired) electrons. The standard InChI is InChI=1S/C11H19N3O3/c1-3-5-14(6-4-2)9(15)7-8-10(16)12-13-11(8)17/h8H,3-7H2,1-2H3,(H,12,16)(H,13,17). The van der Waals surface area contributed by atoms with Crippen molar-refractivity contribution in [2.75, 3.05) is 13.1 Å². The van der Waals surface area contributed by atoms with Gasteiger partial charge >= 0.3 is 0 Å². The van der Waals surface area contributed by atoms with Gasteiger partial charge in [0.25, 0.3) is 11.8 Å². The zero-order valence-electron chi connectivity index (χ0n) is 10.3. The topological polar surface area (TPSA) is 78.5 Å². The van der Waals surface area contributed by atoms with E-state index in [-0.39, 0.29) is 12.3 Å². The predicted molar refractivity (Wildman–Crippen MR) is 61.6 cm³/mol. The number of rotatable bonds is 6. The van der Waals surface area contributed by atoms with E-state index in [1.54, 1.807) is 4.90 Å². The smallest absolute Gasteiger partial charge is 0.251 e. The van der Waals surface area contributed by atoms with Crippen LogP contribution < -0.4 is 10.9 Å². The van der Waals surface area contributed by atoms with Crippen molar-refractivity contribution < 1.29 is 14.4 Å². The average molecular weight is 241 g/mol. The second kappa shape index (κ2) is 6.22. The fourth-order valence-electron chi connectivity index (χ4n) is 1.81. The normalized spacial score (nSPS) is 15.6. The van der Waals surface area contributed by atoms with Crippen LogP contribution in [0.2, 0.25) is 0 Å². The number of hydrogen-bond acceptors (Lipinski definition) is 3. The highest BCUT2D eigenvalue weighted by molar-refractivity contribution is 6.07. The summed E-state index contributed by atoms with van der Waals surface area (Å²) in [5.74, 6) is -1.85. The van der Waals surface area contributed by atoms with Crippen molar-refractivity contribution >= 4 is 17.7 Å². The highest BCUT2D eigenvalue weighted by Gasteiger charge is 2.35. The lowest BCUT2D eigenvalue weighted by atomic mass is 10.0. The Bertz CT molecular complexity index is 295. The van der Waals surface area contributed by atoms with E-state index in [0.29, 0.717) is 13.1 Å². The van der Waals surface area contributed by atoms with E-state index in [1.165, 1.54) is 0 Å². The van der Waals surface area contributed by atoms with Crippen LogP contribution in [0.1, 0.15) is 33.1 Å². The SMILES string of the molecule is CCCN(CCC)C(=O)CC1C(=O)NNC1=O. The fourth-order valence-corrected chi connectivity index (χ4v) is 1.81. The van der Waals surface area contributed by atoms with Crippen LogP contribution in [0.3, 0.4) is 0 Å². The third-order valence-corrected chi connectivity index (χ3v) is 2.66. The van der Waals surface area contributed by atoms with Gasteiger partial charge in [0.15, 0.2) is 0 Å². The van der Waals surface area contributed by atoms with E-state index in [9.17, 15) is 14.4 Å². The van der Waals surface area contributed by atoms with E-state index < -0.39 is 17.7 Å². The lowest BCUT2D eigenvalue weighted by Crippen LogP contribution is -2.36. The number of hydrazine groups is 1. The van der Waals surface area contributed by atoms with Crippen molar-refractivity contribution in [3.8, 4) is 0 Å². The molecule has 0 saturated carbocycles. The molecule has 0 atom stereocenters. The molecule has 0 unspecified atom stereocenters. The molecule has 0 aromatic carbocycles. The monoisotopic (exact) mass is 241 g/mol. The zero-order valence-corrected chi connectivity index (χ0v) is 10.3. The second-order valence-corrected chi connectivity index (χ2v) is 4.12. The number of carbonyl (C=O) groups excluding carboxylic acids is 3. The predicted octanol–water partition coefficient (Wildman–Crippen LogP) is -0.198. The van der Waals surface area contributed by atoms with Crippen molar-refractivity contribution in [3.63, 3.8) is 0 Å². The molecule has 96 valence electrons. The largest absolute Gasteiger partial charge is 0.343 e. The molecule has 1 rings (SSSR count). The molecule has 2 N–H and O–H groups in total. The summed E-state index contributed by atoms with van der Waals surface area (Å²) in [6, 6.07) is 0. The highest BCUT2D eigenvalue weighted by atomic mass is 16.2. The van der Waals surface area contributed by atoms with Crippen molar-refractivity contribution in [3.05, 3.63) is 0 Å². The first-order valence-electron chi connectivity index (χ1n) is 5.97. The Morgan fingerprint density at radius 1 is 1.12 bits per heavy atom. The van der Waals surface area contributed by atoms with Crippen LogP contribution in [0.4, 0.5) is 0 Å². The minimum atomic E-state index is -0.876. The average Bonchev–Trinajstić information content (AvgIpc) is 2.60. The van der Waals surface area contributed by atoms with Gasteiger partial charge < -0.3 is 4.90 Å². The lowest BCUT2D eigenvalue weighted by Gasteiger charge is -2.22. The molecule has 1 aliphatic rings. The molecule has 0 aromatic heterocycles. The molecule has 6 heteroatoms. The van der Waals surface area contributed by atoms with Gasteiger partial charge in [0.05, 0.1) is 0 Å². The molecule has 17 heavy (non-hydrogen) atoms. The van der Waals surface area contributed by atoms with Crippen molar-refractivity contribution in [2.24, 2.45) is 5.92 Å². The molecule has 0 spiro atoms. The first kappa shape index (κ1) is 13.5. The van der Waals surface area contributed by atoms with Gasteiger partial charge in [-0.15, -0.1) is 0 Å². The zero-order chi connectivity index (χ0) is 12.8. The number of carbonyl (C=O) groups is 3. The van der Waals surface area contributed by atoms with Crippen molar-refractivity contribution in [1.29, 1.82) is 0 Å². The van der Waals surface area contributed by atoms with Crippen LogP contribution in [0.15, 0.2) is 0 Å². The van der Waals surface area contributed by atoms with E-state index in [4.69, 9.17) is 0 Å². The van der Waals surface area contributed by atoms with Gasteiger partial charge in [-0.1, -0.05) is 13.8 Å². The molecule has 6 nitrogen and oxygen atoms in total. The van der Waals surface area contributed by atoms with Gasteiger partial charge in [-0.2, -0.15) is 0 Å². The van der Waals surface area contributed by atoms with E-state index >= 15 is 0 Å². The Morgan fingerprint density at radius 3 is 2.00 bits per heavy atom. The number of amides is 3. The summed E-state index contributed by atoms with van der Waals surface area (Å²) in [6.07, 6.45) is 1.70. The maximum absolute atomic E-state index is 11.9. The van der Waals surface area contributed by atoms with Gasteiger partial charge in [0.1, 0.15) is 5.92 Å². The molecule has 0 bridgehead atoms. The quantitative estimate of drug-likeness (QED) is 0.632. The van der Waals surface area contributed by atoms with Crippen LogP contribution in [0.5, 0.6) is 0 Å². The molecule has 1 saturated heterocycles. The molecule has 1 heterocycles. The lowest BCUT2D eigenvalue weighted by molar-refractivity contribution is -0.138. The molecule has 1 fully saturated rings. The van der Waals surface area contributed by atoms with Gasteiger partial charge in [0, 0.05) is 19.5 Å². The minimum absolute atomic E-state index is 0.0440. The van der Waals surface area contributed by atoms with Gasteiger partial charge in [-0.3, -0.25) is 25.2 Å². The van der Waals surface area contributed by atoms with Crippen LogP contribution in [-0.4, -0.2) is 35.7 Å². The van der Waals surface area contributed by atoms with E-state index in [1.807, 2.05) is 13.8 Å². The Labute approximate surface area is 101 Å². The first-order chi connectivity index (χ1) is 8.10. The van der Waals surface area contributed by atoms with E-state index in [0.717, 1.165) is 12.8 Å². The first-order valence-corrected chi connectivity index (χ1v) is 5.97. The van der Waals surface area contributed by atoms with Gasteiger partial charge in [0.2, 0.25) is 5.91 Å². The molecular formula is C11H19N3O3. The Balaban J connectivity index is 2.56. The van der Waals surface area contributed by atoms with Gasteiger partial charge in [-0.25, -0.2) is 0 Å².